The van der Waals surface area contributed by atoms with E-state index in [0.29, 0.717) is 34.2 Å². The van der Waals surface area contributed by atoms with E-state index in [0.717, 1.165) is 5.56 Å². The third kappa shape index (κ3) is 3.04. The van der Waals surface area contributed by atoms with E-state index in [1.807, 2.05) is 23.6 Å². The van der Waals surface area contributed by atoms with Crippen LogP contribution in [0.25, 0.3) is 11.2 Å². The number of rotatable bonds is 4. The van der Waals surface area contributed by atoms with Crippen LogP contribution in [-0.4, -0.2) is 49.9 Å². The van der Waals surface area contributed by atoms with Crippen molar-refractivity contribution in [3.05, 3.63) is 42.4 Å². The van der Waals surface area contributed by atoms with Gasteiger partial charge in [-0.15, -0.1) is 11.8 Å². The molecule has 8 nitrogen and oxygen atoms in total. The first-order valence-electron chi connectivity index (χ1n) is 8.05. The van der Waals surface area contributed by atoms with Gasteiger partial charge in [-0.25, -0.2) is 18.4 Å². The Kier molecular flexibility index (Phi) is 4.33. The third-order valence-corrected chi connectivity index (χ3v) is 7.51. The van der Waals surface area contributed by atoms with Crippen LogP contribution in [0.15, 0.2) is 41.7 Å². The van der Waals surface area contributed by atoms with E-state index in [1.54, 1.807) is 40.7 Å². The molecule has 3 heterocycles. The standard InChI is InChI=1S/C16H18N6O2S2/c1-11-2-4-13(5-3-11)26(23,24)22-10-25-8-12(22)7-21-9-19-14-6-18-16(17)20-15(14)21/h2-6,9,12H,7-8,10H2,1H3,(H2,17,18,20)/t12-/m0/s1. The minimum absolute atomic E-state index is 0.171. The topological polar surface area (TPSA) is 107 Å². The molecule has 4 rings (SSSR count). The minimum atomic E-state index is -3.55. The smallest absolute Gasteiger partial charge is 0.244 e. The van der Waals surface area contributed by atoms with Gasteiger partial charge in [0.2, 0.25) is 16.0 Å². The fourth-order valence-corrected chi connectivity index (χ4v) is 6.16. The normalized spacial score (nSPS) is 18.6. The zero-order valence-electron chi connectivity index (χ0n) is 14.1. The molecule has 0 bridgehead atoms. The Bertz CT molecular complexity index is 1050. The lowest BCUT2D eigenvalue weighted by molar-refractivity contribution is 0.365. The van der Waals surface area contributed by atoms with Crippen molar-refractivity contribution in [3.63, 3.8) is 0 Å². The van der Waals surface area contributed by atoms with Crippen LogP contribution in [-0.2, 0) is 16.6 Å². The van der Waals surface area contributed by atoms with E-state index in [1.165, 1.54) is 0 Å². The van der Waals surface area contributed by atoms with Crippen LogP contribution >= 0.6 is 11.8 Å². The zero-order chi connectivity index (χ0) is 18.3. The number of aromatic nitrogens is 4. The molecule has 1 atom stereocenters. The summed E-state index contributed by atoms with van der Waals surface area (Å²) < 4.78 is 29.5. The first-order valence-corrected chi connectivity index (χ1v) is 10.6. The van der Waals surface area contributed by atoms with Gasteiger partial charge in [0.25, 0.3) is 0 Å². The molecule has 0 spiro atoms. The maximum atomic E-state index is 13.0. The molecule has 0 amide bonds. The van der Waals surface area contributed by atoms with Gasteiger partial charge in [0.1, 0.15) is 5.52 Å². The summed E-state index contributed by atoms with van der Waals surface area (Å²) in [7, 11) is -3.55. The molecule has 0 unspecified atom stereocenters. The molecule has 2 N–H and O–H groups in total. The second-order valence-electron chi connectivity index (χ2n) is 6.19. The van der Waals surface area contributed by atoms with Crippen LogP contribution in [0.4, 0.5) is 5.95 Å². The monoisotopic (exact) mass is 390 g/mol. The van der Waals surface area contributed by atoms with Crippen molar-refractivity contribution in [2.75, 3.05) is 17.4 Å². The number of sulfonamides is 1. The van der Waals surface area contributed by atoms with E-state index < -0.39 is 10.0 Å². The minimum Gasteiger partial charge on any atom is -0.368 e. The number of hydrogen-bond acceptors (Lipinski definition) is 7. The number of aryl methyl sites for hydroxylation is 1. The van der Waals surface area contributed by atoms with Gasteiger partial charge in [0, 0.05) is 12.3 Å². The average molecular weight is 390 g/mol. The molecule has 0 aliphatic carbocycles. The maximum Gasteiger partial charge on any atom is 0.244 e. The highest BCUT2D eigenvalue weighted by Gasteiger charge is 2.36. The lowest BCUT2D eigenvalue weighted by Crippen LogP contribution is -2.39. The first-order chi connectivity index (χ1) is 12.4. The fourth-order valence-electron chi connectivity index (χ4n) is 2.95. The third-order valence-electron chi connectivity index (χ3n) is 4.35. The van der Waals surface area contributed by atoms with Crippen molar-refractivity contribution in [2.24, 2.45) is 0 Å². The Hall–Kier alpha value is -2.17. The number of anilines is 1. The number of fused-ring (bicyclic) bond motifs is 1. The van der Waals surface area contributed by atoms with Gasteiger partial charge in [-0.3, -0.25) is 0 Å². The molecule has 1 aliphatic heterocycles. The molecule has 136 valence electrons. The quantitative estimate of drug-likeness (QED) is 0.719. The molecule has 2 aromatic heterocycles. The number of nitrogen functional groups attached to an aromatic ring is 1. The van der Waals surface area contributed by atoms with Crippen molar-refractivity contribution in [2.45, 2.75) is 24.4 Å². The fraction of sp³-hybridized carbons (Fsp3) is 0.312. The molecule has 1 aliphatic rings. The van der Waals surface area contributed by atoms with E-state index in [2.05, 4.69) is 15.0 Å². The van der Waals surface area contributed by atoms with Crippen LogP contribution in [0.3, 0.4) is 0 Å². The second-order valence-corrected chi connectivity index (χ2v) is 9.08. The highest BCUT2D eigenvalue weighted by molar-refractivity contribution is 8.00. The molecule has 10 heteroatoms. The Labute approximate surface area is 155 Å². The highest BCUT2D eigenvalue weighted by Crippen LogP contribution is 2.29. The van der Waals surface area contributed by atoms with E-state index in [9.17, 15) is 8.42 Å². The predicted molar refractivity (Wildman–Crippen MR) is 101 cm³/mol. The van der Waals surface area contributed by atoms with Crippen molar-refractivity contribution >= 4 is 38.9 Å². The highest BCUT2D eigenvalue weighted by atomic mass is 32.2. The van der Waals surface area contributed by atoms with E-state index >= 15 is 0 Å². The lowest BCUT2D eigenvalue weighted by atomic mass is 10.2. The summed E-state index contributed by atoms with van der Waals surface area (Å²) >= 11 is 1.60. The number of nitrogens with zero attached hydrogens (tertiary/aromatic N) is 5. The number of hydrogen-bond donors (Lipinski definition) is 1. The van der Waals surface area contributed by atoms with Crippen LogP contribution in [0, 0.1) is 6.92 Å². The van der Waals surface area contributed by atoms with Crippen molar-refractivity contribution in [1.82, 2.24) is 23.8 Å². The van der Waals surface area contributed by atoms with Gasteiger partial charge in [0.05, 0.1) is 29.3 Å². The molecule has 0 radical (unpaired) electrons. The average Bonchev–Trinajstić information content (AvgIpc) is 3.23. The summed E-state index contributed by atoms with van der Waals surface area (Å²) in [5.74, 6) is 1.32. The zero-order valence-corrected chi connectivity index (χ0v) is 15.7. The van der Waals surface area contributed by atoms with Gasteiger partial charge < -0.3 is 10.3 Å². The molecular weight excluding hydrogens is 372 g/mol. The van der Waals surface area contributed by atoms with Crippen molar-refractivity contribution in [1.29, 1.82) is 0 Å². The largest absolute Gasteiger partial charge is 0.368 e. The Morgan fingerprint density at radius 2 is 2.04 bits per heavy atom. The second kappa shape index (κ2) is 6.53. The number of benzene rings is 1. The number of thioether (sulfide) groups is 1. The van der Waals surface area contributed by atoms with Crippen molar-refractivity contribution in [3.8, 4) is 0 Å². The van der Waals surface area contributed by atoms with Crippen molar-refractivity contribution < 1.29 is 8.42 Å². The van der Waals surface area contributed by atoms with Crippen LogP contribution in [0.1, 0.15) is 5.56 Å². The van der Waals surface area contributed by atoms with Gasteiger partial charge in [-0.05, 0) is 19.1 Å². The van der Waals surface area contributed by atoms with E-state index in [-0.39, 0.29) is 12.0 Å². The molecule has 26 heavy (non-hydrogen) atoms. The molecule has 0 saturated carbocycles. The summed E-state index contributed by atoms with van der Waals surface area (Å²) in [5, 5.41) is 0. The molecule has 1 fully saturated rings. The Balaban J connectivity index is 1.64. The number of imidazole rings is 1. The van der Waals surface area contributed by atoms with Gasteiger partial charge in [-0.1, -0.05) is 17.7 Å². The van der Waals surface area contributed by atoms with E-state index in [4.69, 9.17) is 5.73 Å². The molecule has 1 saturated heterocycles. The Morgan fingerprint density at radius 3 is 2.81 bits per heavy atom. The number of nitrogens with two attached hydrogens (primary N) is 1. The summed E-state index contributed by atoms with van der Waals surface area (Å²) in [4.78, 5) is 12.7. The van der Waals surface area contributed by atoms with Crippen LogP contribution in [0.5, 0.6) is 0 Å². The summed E-state index contributed by atoms with van der Waals surface area (Å²) in [6.07, 6.45) is 3.22. The summed E-state index contributed by atoms with van der Waals surface area (Å²) in [5.41, 5.74) is 7.95. The van der Waals surface area contributed by atoms with Gasteiger partial charge in [0.15, 0.2) is 5.65 Å². The molecule has 3 aromatic rings. The SMILES string of the molecule is Cc1ccc(S(=O)(=O)N2CSC[C@@H]2Cn2cnc3cnc(N)nc32)cc1. The first kappa shape index (κ1) is 17.3. The summed E-state index contributed by atoms with van der Waals surface area (Å²) in [6.45, 7) is 2.40. The predicted octanol–water partition coefficient (Wildman–Crippen LogP) is 1.48. The van der Waals surface area contributed by atoms with Gasteiger partial charge in [-0.2, -0.15) is 9.29 Å². The van der Waals surface area contributed by atoms with Crippen LogP contribution in [0.2, 0.25) is 0 Å². The molecular formula is C16H18N6O2S2. The maximum absolute atomic E-state index is 13.0. The Morgan fingerprint density at radius 1 is 1.27 bits per heavy atom. The lowest BCUT2D eigenvalue weighted by Gasteiger charge is -2.23. The molecule has 1 aromatic carbocycles. The summed E-state index contributed by atoms with van der Waals surface area (Å²) in [6, 6.07) is 6.76. The van der Waals surface area contributed by atoms with Crippen LogP contribution < -0.4 is 5.73 Å². The van der Waals surface area contributed by atoms with Gasteiger partial charge >= 0.3 is 0 Å².